The topological polar surface area (TPSA) is 74.3 Å². The Morgan fingerprint density at radius 2 is 1.55 bits per heavy atom. The van der Waals surface area contributed by atoms with Crippen LogP contribution in [0.1, 0.15) is 22.6 Å². The molecule has 0 aliphatic rings. The van der Waals surface area contributed by atoms with Gasteiger partial charge in [0.15, 0.2) is 0 Å². The van der Waals surface area contributed by atoms with Crippen molar-refractivity contribution in [1.82, 2.24) is 35.0 Å². The molecule has 3 heterocycles. The zero-order chi connectivity index (χ0) is 13.9. The fourth-order valence-electron chi connectivity index (χ4n) is 1.94. The number of hydrogen-bond donors (Lipinski definition) is 0. The van der Waals surface area contributed by atoms with Crippen molar-refractivity contribution in [3.8, 4) is 0 Å². The van der Waals surface area contributed by atoms with Gasteiger partial charge in [0.1, 0.15) is 0 Å². The Morgan fingerprint density at radius 3 is 2.05 bits per heavy atom. The third-order valence-corrected chi connectivity index (χ3v) is 2.86. The lowest BCUT2D eigenvalue weighted by Crippen LogP contribution is -2.05. The lowest BCUT2D eigenvalue weighted by Gasteiger charge is -2.03. The molecule has 3 rings (SSSR count). The highest BCUT2D eigenvalue weighted by atomic mass is 15.4. The molecular formula is C13H15N7. The van der Waals surface area contributed by atoms with Gasteiger partial charge >= 0.3 is 0 Å². The third kappa shape index (κ3) is 2.87. The highest BCUT2D eigenvalue weighted by Gasteiger charge is 2.02. The molecule has 0 N–H and O–H groups in total. The van der Waals surface area contributed by atoms with Crippen molar-refractivity contribution in [2.75, 3.05) is 0 Å². The first-order valence-corrected chi connectivity index (χ1v) is 6.36. The van der Waals surface area contributed by atoms with Crippen molar-refractivity contribution < 1.29 is 0 Å². The summed E-state index contributed by atoms with van der Waals surface area (Å²) in [5.74, 6) is 0. The molecule has 0 saturated carbocycles. The van der Waals surface area contributed by atoms with Crippen LogP contribution in [0.15, 0.2) is 30.7 Å². The van der Waals surface area contributed by atoms with Gasteiger partial charge in [-0.25, -0.2) is 9.36 Å². The maximum Gasteiger partial charge on any atom is 0.0849 e. The van der Waals surface area contributed by atoms with Crippen LogP contribution in [0, 0.1) is 13.8 Å². The van der Waals surface area contributed by atoms with Gasteiger partial charge in [-0.2, -0.15) is 0 Å². The van der Waals surface area contributed by atoms with Crippen LogP contribution in [0.3, 0.4) is 0 Å². The van der Waals surface area contributed by atoms with Crippen molar-refractivity contribution in [2.45, 2.75) is 26.9 Å². The second-order valence-electron chi connectivity index (χ2n) is 4.77. The molecule has 7 nitrogen and oxygen atoms in total. The maximum absolute atomic E-state index is 4.44. The summed E-state index contributed by atoms with van der Waals surface area (Å²) in [6.45, 7) is 5.14. The van der Waals surface area contributed by atoms with E-state index in [4.69, 9.17) is 0 Å². The van der Waals surface area contributed by atoms with E-state index < -0.39 is 0 Å². The van der Waals surface area contributed by atoms with Crippen LogP contribution in [0.2, 0.25) is 0 Å². The Balaban J connectivity index is 1.68. The van der Waals surface area contributed by atoms with Crippen LogP contribution in [-0.4, -0.2) is 35.0 Å². The molecule has 0 fully saturated rings. The standard InChI is InChI=1S/C13H15N7/c1-10-6-19(17-15-10)8-12-3-4-13(14-5-12)9-20-7-11(2)16-18-20/h3-7H,8-9H2,1-2H3. The van der Waals surface area contributed by atoms with E-state index in [0.29, 0.717) is 13.1 Å². The number of nitrogens with zero attached hydrogens (tertiary/aromatic N) is 7. The number of pyridine rings is 1. The molecule has 102 valence electrons. The molecule has 0 radical (unpaired) electrons. The van der Waals surface area contributed by atoms with E-state index in [2.05, 4.69) is 25.6 Å². The molecule has 0 aromatic carbocycles. The second-order valence-corrected chi connectivity index (χ2v) is 4.77. The predicted octanol–water partition coefficient (Wildman–Crippen LogP) is 0.978. The van der Waals surface area contributed by atoms with Crippen molar-refractivity contribution >= 4 is 0 Å². The van der Waals surface area contributed by atoms with Gasteiger partial charge in [-0.05, 0) is 25.5 Å². The smallest absolute Gasteiger partial charge is 0.0849 e. The summed E-state index contributed by atoms with van der Waals surface area (Å²) in [4.78, 5) is 4.44. The summed E-state index contributed by atoms with van der Waals surface area (Å²) in [6.07, 6.45) is 5.66. The lowest BCUT2D eigenvalue weighted by atomic mass is 10.2. The van der Waals surface area contributed by atoms with Gasteiger partial charge in [0.05, 0.1) is 30.2 Å². The number of aromatic nitrogens is 7. The summed E-state index contributed by atoms with van der Waals surface area (Å²) in [7, 11) is 0. The zero-order valence-electron chi connectivity index (χ0n) is 11.4. The number of rotatable bonds is 4. The fraction of sp³-hybridized carbons (Fsp3) is 0.308. The van der Waals surface area contributed by atoms with E-state index in [1.807, 2.05) is 44.6 Å². The van der Waals surface area contributed by atoms with Gasteiger partial charge < -0.3 is 0 Å². The summed E-state index contributed by atoms with van der Waals surface area (Å²) in [5.41, 5.74) is 3.86. The first kappa shape index (κ1) is 12.5. The summed E-state index contributed by atoms with van der Waals surface area (Å²) < 4.78 is 3.57. The molecular weight excluding hydrogens is 254 g/mol. The molecule has 20 heavy (non-hydrogen) atoms. The quantitative estimate of drug-likeness (QED) is 0.705. The first-order chi connectivity index (χ1) is 9.69. The lowest BCUT2D eigenvalue weighted by molar-refractivity contribution is 0.632. The minimum Gasteiger partial charge on any atom is -0.259 e. The van der Waals surface area contributed by atoms with Gasteiger partial charge in [0.2, 0.25) is 0 Å². The van der Waals surface area contributed by atoms with Crippen LogP contribution in [0.5, 0.6) is 0 Å². The van der Waals surface area contributed by atoms with Crippen LogP contribution in [-0.2, 0) is 13.1 Å². The van der Waals surface area contributed by atoms with Crippen molar-refractivity contribution in [1.29, 1.82) is 0 Å². The van der Waals surface area contributed by atoms with Crippen LogP contribution < -0.4 is 0 Å². The van der Waals surface area contributed by atoms with Crippen molar-refractivity contribution in [3.05, 3.63) is 53.4 Å². The fourth-order valence-corrected chi connectivity index (χ4v) is 1.94. The minimum atomic E-state index is 0.629. The van der Waals surface area contributed by atoms with Crippen molar-refractivity contribution in [2.24, 2.45) is 0 Å². The molecule has 0 bridgehead atoms. The Morgan fingerprint density at radius 1 is 0.900 bits per heavy atom. The van der Waals surface area contributed by atoms with Crippen LogP contribution >= 0.6 is 0 Å². The number of hydrogen-bond acceptors (Lipinski definition) is 5. The van der Waals surface area contributed by atoms with E-state index >= 15 is 0 Å². The Hall–Kier alpha value is -2.57. The molecule has 7 heteroatoms. The average Bonchev–Trinajstić information content (AvgIpc) is 3.01. The van der Waals surface area contributed by atoms with Crippen LogP contribution in [0.4, 0.5) is 0 Å². The summed E-state index contributed by atoms with van der Waals surface area (Å²) in [6, 6.07) is 4.04. The molecule has 0 unspecified atom stereocenters. The Bertz CT molecular complexity index is 634. The molecule has 0 atom stereocenters. The highest BCUT2D eigenvalue weighted by Crippen LogP contribution is 2.04. The minimum absolute atomic E-state index is 0.629. The van der Waals surface area contributed by atoms with E-state index in [0.717, 1.165) is 22.6 Å². The van der Waals surface area contributed by atoms with Crippen molar-refractivity contribution in [3.63, 3.8) is 0 Å². The third-order valence-electron chi connectivity index (χ3n) is 2.86. The SMILES string of the molecule is Cc1cn(Cc2ccc(Cn3cc(C)nn3)nc2)nn1. The maximum atomic E-state index is 4.44. The Kier molecular flexibility index (Phi) is 3.24. The van der Waals surface area contributed by atoms with Gasteiger partial charge in [0.25, 0.3) is 0 Å². The van der Waals surface area contributed by atoms with E-state index in [1.54, 1.807) is 9.36 Å². The first-order valence-electron chi connectivity index (χ1n) is 6.36. The highest BCUT2D eigenvalue weighted by molar-refractivity contribution is 5.14. The van der Waals surface area contributed by atoms with E-state index in [9.17, 15) is 0 Å². The molecule has 0 aliphatic carbocycles. The van der Waals surface area contributed by atoms with Gasteiger partial charge in [-0.1, -0.05) is 16.5 Å². The largest absolute Gasteiger partial charge is 0.259 e. The molecule has 0 aliphatic heterocycles. The summed E-state index contributed by atoms with van der Waals surface area (Å²) >= 11 is 0. The second kappa shape index (κ2) is 5.20. The molecule has 0 saturated heterocycles. The van der Waals surface area contributed by atoms with Gasteiger partial charge in [-0.3, -0.25) is 4.98 Å². The molecule has 3 aromatic rings. The van der Waals surface area contributed by atoms with Gasteiger partial charge in [0, 0.05) is 18.6 Å². The predicted molar refractivity (Wildman–Crippen MR) is 72.0 cm³/mol. The van der Waals surface area contributed by atoms with Crippen LogP contribution in [0.25, 0.3) is 0 Å². The van der Waals surface area contributed by atoms with E-state index in [1.165, 1.54) is 0 Å². The summed E-state index contributed by atoms with van der Waals surface area (Å²) in [5, 5.41) is 15.9. The number of aryl methyl sites for hydroxylation is 2. The zero-order valence-corrected chi connectivity index (χ0v) is 11.4. The molecule has 3 aromatic heterocycles. The van der Waals surface area contributed by atoms with Gasteiger partial charge in [-0.15, -0.1) is 10.2 Å². The Labute approximate surface area is 116 Å². The monoisotopic (exact) mass is 269 g/mol. The normalized spacial score (nSPS) is 10.9. The molecule has 0 spiro atoms. The molecule has 0 amide bonds. The van der Waals surface area contributed by atoms with E-state index in [-0.39, 0.29) is 0 Å². The average molecular weight is 269 g/mol.